The van der Waals surface area contributed by atoms with Gasteiger partial charge in [0.25, 0.3) is 0 Å². The Balaban J connectivity index is 0.00000289. The van der Waals surface area contributed by atoms with Crippen LogP contribution in [0.3, 0.4) is 0 Å². The van der Waals surface area contributed by atoms with Crippen molar-refractivity contribution in [2.45, 2.75) is 19.9 Å². The lowest BCUT2D eigenvalue weighted by Crippen LogP contribution is -2.46. The molecule has 0 aromatic carbocycles. The molecule has 8 heteroatoms. The smallest absolute Gasteiger partial charge is 0.243 e. The molecule has 1 atom stereocenters. The van der Waals surface area contributed by atoms with Gasteiger partial charge >= 0.3 is 0 Å². The van der Waals surface area contributed by atoms with Gasteiger partial charge in [-0.1, -0.05) is 13.8 Å². The van der Waals surface area contributed by atoms with Crippen LogP contribution in [0, 0.1) is 5.92 Å². The van der Waals surface area contributed by atoms with Crippen LogP contribution in [-0.2, 0) is 9.59 Å². The first kappa shape index (κ1) is 16.4. The Labute approximate surface area is 111 Å². The van der Waals surface area contributed by atoms with Gasteiger partial charge in [0.05, 0.1) is 24.5 Å². The van der Waals surface area contributed by atoms with E-state index in [1.54, 1.807) is 6.20 Å². The second-order valence-corrected chi connectivity index (χ2v) is 4.02. The zero-order chi connectivity index (χ0) is 12.8. The van der Waals surface area contributed by atoms with E-state index in [4.69, 9.17) is 5.73 Å². The van der Waals surface area contributed by atoms with Crippen LogP contribution in [0.5, 0.6) is 0 Å². The van der Waals surface area contributed by atoms with E-state index in [1.807, 2.05) is 13.8 Å². The van der Waals surface area contributed by atoms with Gasteiger partial charge in [0.1, 0.15) is 0 Å². The zero-order valence-corrected chi connectivity index (χ0v) is 11.1. The highest BCUT2D eigenvalue weighted by Gasteiger charge is 2.17. The maximum Gasteiger partial charge on any atom is 0.243 e. The van der Waals surface area contributed by atoms with E-state index in [9.17, 15) is 9.59 Å². The second kappa shape index (κ2) is 7.67. The fourth-order valence-electron chi connectivity index (χ4n) is 1.11. The van der Waals surface area contributed by atoms with Crippen LogP contribution in [0.1, 0.15) is 13.8 Å². The molecule has 0 saturated carbocycles. The number of amides is 2. The molecular formula is C10H18ClN5O2. The number of carbonyl (C=O) groups is 2. The number of halogens is 1. The molecule has 1 aromatic heterocycles. The van der Waals surface area contributed by atoms with E-state index in [0.29, 0.717) is 5.69 Å². The molecular weight excluding hydrogens is 258 g/mol. The molecule has 18 heavy (non-hydrogen) atoms. The summed E-state index contributed by atoms with van der Waals surface area (Å²) in [7, 11) is 0. The number of nitrogens with two attached hydrogens (primary N) is 1. The number of H-pyrrole nitrogens is 1. The lowest BCUT2D eigenvalue weighted by atomic mass is 10.1. The van der Waals surface area contributed by atoms with E-state index in [0.717, 1.165) is 0 Å². The molecule has 0 unspecified atom stereocenters. The van der Waals surface area contributed by atoms with Crippen LogP contribution in [0.2, 0.25) is 0 Å². The van der Waals surface area contributed by atoms with E-state index in [2.05, 4.69) is 20.8 Å². The Morgan fingerprint density at radius 2 is 2.17 bits per heavy atom. The van der Waals surface area contributed by atoms with Gasteiger partial charge in [0, 0.05) is 6.20 Å². The lowest BCUT2D eigenvalue weighted by Gasteiger charge is -2.14. The Morgan fingerprint density at radius 1 is 1.50 bits per heavy atom. The first-order valence-electron chi connectivity index (χ1n) is 5.32. The van der Waals surface area contributed by atoms with Crippen LogP contribution in [-0.4, -0.2) is 34.6 Å². The van der Waals surface area contributed by atoms with Crippen molar-refractivity contribution in [1.82, 2.24) is 15.5 Å². The van der Waals surface area contributed by atoms with Crippen molar-refractivity contribution in [3.8, 4) is 0 Å². The van der Waals surface area contributed by atoms with Crippen molar-refractivity contribution in [2.75, 3.05) is 11.9 Å². The number of anilines is 1. The topological polar surface area (TPSA) is 113 Å². The monoisotopic (exact) mass is 275 g/mol. The number of carbonyl (C=O) groups excluding carboxylic acids is 2. The van der Waals surface area contributed by atoms with E-state index in [-0.39, 0.29) is 36.7 Å². The predicted molar refractivity (Wildman–Crippen MR) is 70.3 cm³/mol. The summed E-state index contributed by atoms with van der Waals surface area (Å²) >= 11 is 0. The van der Waals surface area contributed by atoms with Gasteiger partial charge in [-0.3, -0.25) is 14.7 Å². The van der Waals surface area contributed by atoms with Crippen LogP contribution < -0.4 is 16.4 Å². The second-order valence-electron chi connectivity index (χ2n) is 4.02. The van der Waals surface area contributed by atoms with Crippen LogP contribution in [0.4, 0.5) is 5.69 Å². The Kier molecular flexibility index (Phi) is 6.99. The minimum Gasteiger partial charge on any atom is -0.346 e. The molecule has 7 nitrogen and oxygen atoms in total. The van der Waals surface area contributed by atoms with Crippen LogP contribution >= 0.6 is 12.4 Å². The fourth-order valence-corrected chi connectivity index (χ4v) is 1.11. The van der Waals surface area contributed by atoms with Crippen molar-refractivity contribution < 1.29 is 9.59 Å². The molecule has 102 valence electrons. The average molecular weight is 276 g/mol. The summed E-state index contributed by atoms with van der Waals surface area (Å²) < 4.78 is 0. The molecule has 0 fully saturated rings. The third-order valence-electron chi connectivity index (χ3n) is 2.23. The van der Waals surface area contributed by atoms with Gasteiger partial charge < -0.3 is 16.4 Å². The maximum atomic E-state index is 11.5. The highest BCUT2D eigenvalue weighted by atomic mass is 35.5. The molecule has 0 spiro atoms. The average Bonchev–Trinajstić information content (AvgIpc) is 2.77. The number of aromatic amines is 1. The third-order valence-corrected chi connectivity index (χ3v) is 2.23. The van der Waals surface area contributed by atoms with E-state index in [1.165, 1.54) is 6.20 Å². The highest BCUT2D eigenvalue weighted by molar-refractivity contribution is 5.95. The summed E-state index contributed by atoms with van der Waals surface area (Å²) in [5, 5.41) is 11.3. The minimum absolute atomic E-state index is 0. The quantitative estimate of drug-likeness (QED) is 0.599. The highest BCUT2D eigenvalue weighted by Crippen LogP contribution is 2.00. The molecule has 0 radical (unpaired) electrons. The molecule has 0 aliphatic carbocycles. The van der Waals surface area contributed by atoms with Crippen LogP contribution in [0.25, 0.3) is 0 Å². The summed E-state index contributed by atoms with van der Waals surface area (Å²) in [6.45, 7) is 3.58. The third kappa shape index (κ3) is 5.15. The SMILES string of the molecule is CC(C)[C@H](N)C(=O)NCC(=O)Nc1cn[nH]c1.Cl. The maximum absolute atomic E-state index is 11.5. The number of aromatic nitrogens is 2. The predicted octanol–water partition coefficient (Wildman–Crippen LogP) is -0.131. The Morgan fingerprint density at radius 3 is 2.67 bits per heavy atom. The van der Waals surface area contributed by atoms with E-state index >= 15 is 0 Å². The lowest BCUT2D eigenvalue weighted by molar-refractivity contribution is -0.125. The number of hydrogen-bond acceptors (Lipinski definition) is 4. The summed E-state index contributed by atoms with van der Waals surface area (Å²) in [6.07, 6.45) is 3.01. The van der Waals surface area contributed by atoms with Crippen molar-refractivity contribution in [3.63, 3.8) is 0 Å². The van der Waals surface area contributed by atoms with Crippen molar-refractivity contribution in [1.29, 1.82) is 0 Å². The van der Waals surface area contributed by atoms with Gasteiger partial charge in [0.2, 0.25) is 11.8 Å². The van der Waals surface area contributed by atoms with Crippen molar-refractivity contribution in [3.05, 3.63) is 12.4 Å². The molecule has 0 aliphatic rings. The molecule has 0 bridgehead atoms. The molecule has 5 N–H and O–H groups in total. The molecule has 1 rings (SSSR count). The normalized spacial score (nSPS) is 11.6. The summed E-state index contributed by atoms with van der Waals surface area (Å²) in [6, 6.07) is -0.600. The number of nitrogens with zero attached hydrogens (tertiary/aromatic N) is 1. The van der Waals surface area contributed by atoms with Crippen molar-refractivity contribution in [2.24, 2.45) is 11.7 Å². The molecule has 2 amide bonds. The summed E-state index contributed by atoms with van der Waals surface area (Å²) in [5.41, 5.74) is 6.18. The van der Waals surface area contributed by atoms with Gasteiger partial charge in [0.15, 0.2) is 0 Å². The summed E-state index contributed by atoms with van der Waals surface area (Å²) in [5.74, 6) is -0.620. The number of nitrogens with one attached hydrogen (secondary N) is 3. The van der Waals surface area contributed by atoms with Crippen LogP contribution in [0.15, 0.2) is 12.4 Å². The molecule has 1 aromatic rings. The standard InChI is InChI=1S/C10H17N5O2.ClH/c1-6(2)9(11)10(17)12-5-8(16)15-7-3-13-14-4-7;/h3-4,6,9H,5,11H2,1-2H3,(H,12,17)(H,13,14)(H,15,16);1H/t9-;/m0./s1. The first-order chi connectivity index (χ1) is 8.00. The minimum atomic E-state index is -0.600. The molecule has 0 aliphatic heterocycles. The van der Waals surface area contributed by atoms with Gasteiger partial charge in [-0.25, -0.2) is 0 Å². The molecule has 1 heterocycles. The fraction of sp³-hybridized carbons (Fsp3) is 0.500. The number of hydrogen-bond donors (Lipinski definition) is 4. The number of rotatable bonds is 5. The molecule has 0 saturated heterocycles. The Bertz CT molecular complexity index is 380. The summed E-state index contributed by atoms with van der Waals surface area (Å²) in [4.78, 5) is 22.9. The largest absolute Gasteiger partial charge is 0.346 e. The zero-order valence-electron chi connectivity index (χ0n) is 10.3. The van der Waals surface area contributed by atoms with Gasteiger partial charge in [-0.05, 0) is 5.92 Å². The van der Waals surface area contributed by atoms with Gasteiger partial charge in [-0.2, -0.15) is 5.10 Å². The Hall–Kier alpha value is -1.60. The van der Waals surface area contributed by atoms with Crippen molar-refractivity contribution >= 4 is 29.9 Å². The first-order valence-corrected chi connectivity index (χ1v) is 5.32. The van der Waals surface area contributed by atoms with Gasteiger partial charge in [-0.15, -0.1) is 12.4 Å². The van der Waals surface area contributed by atoms with E-state index < -0.39 is 6.04 Å².